The number of carbonyl (C=O) groups is 1. The zero-order valence-corrected chi connectivity index (χ0v) is 7.60. The molecule has 64 valence electrons. The standard InChI is InChI=1S/C10H18O/c1-3-4-5-9-8(2)6-7-10(9)11/h8-9H,3-7H2,1-2H3. The van der Waals surface area contributed by atoms with Crippen LogP contribution in [0, 0.1) is 11.8 Å². The Hall–Kier alpha value is -0.330. The van der Waals surface area contributed by atoms with Gasteiger partial charge in [0.1, 0.15) is 5.78 Å². The normalized spacial score (nSPS) is 31.3. The molecule has 0 aromatic rings. The summed E-state index contributed by atoms with van der Waals surface area (Å²) in [5, 5.41) is 0. The number of rotatable bonds is 3. The molecule has 1 nitrogen and oxygen atoms in total. The molecule has 0 aliphatic heterocycles. The average Bonchev–Trinajstić information content (AvgIpc) is 2.29. The van der Waals surface area contributed by atoms with Crippen LogP contribution in [0.1, 0.15) is 46.0 Å². The van der Waals surface area contributed by atoms with Gasteiger partial charge in [0.05, 0.1) is 0 Å². The van der Waals surface area contributed by atoms with E-state index in [4.69, 9.17) is 0 Å². The van der Waals surface area contributed by atoms with Crippen molar-refractivity contribution in [1.29, 1.82) is 0 Å². The number of Topliss-reactive ketones (excluding diaryl/α,β-unsaturated/α-hetero) is 1. The third-order valence-corrected chi connectivity index (χ3v) is 2.82. The van der Waals surface area contributed by atoms with Gasteiger partial charge in [0.2, 0.25) is 0 Å². The van der Waals surface area contributed by atoms with Crippen LogP contribution >= 0.6 is 0 Å². The van der Waals surface area contributed by atoms with Gasteiger partial charge in [-0.15, -0.1) is 0 Å². The van der Waals surface area contributed by atoms with Crippen molar-refractivity contribution in [3.63, 3.8) is 0 Å². The van der Waals surface area contributed by atoms with Crippen LogP contribution in [0.25, 0.3) is 0 Å². The van der Waals surface area contributed by atoms with Gasteiger partial charge in [0.25, 0.3) is 0 Å². The van der Waals surface area contributed by atoms with Crippen molar-refractivity contribution in [2.24, 2.45) is 11.8 Å². The van der Waals surface area contributed by atoms with E-state index in [1.165, 1.54) is 12.8 Å². The maximum atomic E-state index is 11.3. The lowest BCUT2D eigenvalue weighted by atomic mass is 9.92. The van der Waals surface area contributed by atoms with Gasteiger partial charge in [-0.3, -0.25) is 4.79 Å². The summed E-state index contributed by atoms with van der Waals surface area (Å²) < 4.78 is 0. The fourth-order valence-corrected chi connectivity index (χ4v) is 1.94. The fourth-order valence-electron chi connectivity index (χ4n) is 1.94. The molecule has 2 unspecified atom stereocenters. The maximum absolute atomic E-state index is 11.3. The Morgan fingerprint density at radius 3 is 2.73 bits per heavy atom. The summed E-state index contributed by atoms with van der Waals surface area (Å²) in [7, 11) is 0. The molecule has 1 heteroatoms. The molecule has 1 aliphatic carbocycles. The molecule has 1 fully saturated rings. The smallest absolute Gasteiger partial charge is 0.136 e. The number of unbranched alkanes of at least 4 members (excludes halogenated alkanes) is 1. The monoisotopic (exact) mass is 154 g/mol. The van der Waals surface area contributed by atoms with Crippen molar-refractivity contribution in [2.45, 2.75) is 46.0 Å². The predicted molar refractivity (Wildman–Crippen MR) is 46.4 cm³/mol. The summed E-state index contributed by atoms with van der Waals surface area (Å²) in [6, 6.07) is 0. The molecule has 0 radical (unpaired) electrons. The molecular formula is C10H18O. The molecule has 1 aliphatic rings. The van der Waals surface area contributed by atoms with Crippen LogP contribution in [0.2, 0.25) is 0 Å². The zero-order valence-electron chi connectivity index (χ0n) is 7.60. The van der Waals surface area contributed by atoms with Crippen molar-refractivity contribution in [3.8, 4) is 0 Å². The molecule has 0 bridgehead atoms. The van der Waals surface area contributed by atoms with E-state index in [1.54, 1.807) is 0 Å². The van der Waals surface area contributed by atoms with E-state index in [0.717, 1.165) is 19.3 Å². The summed E-state index contributed by atoms with van der Waals surface area (Å²) in [6.07, 6.45) is 5.55. The zero-order chi connectivity index (χ0) is 8.27. The second-order valence-electron chi connectivity index (χ2n) is 3.73. The Morgan fingerprint density at radius 1 is 1.55 bits per heavy atom. The van der Waals surface area contributed by atoms with Crippen molar-refractivity contribution >= 4 is 5.78 Å². The van der Waals surface area contributed by atoms with E-state index in [2.05, 4.69) is 13.8 Å². The molecule has 1 saturated carbocycles. The van der Waals surface area contributed by atoms with Gasteiger partial charge in [0.15, 0.2) is 0 Å². The Bertz CT molecular complexity index is 140. The first-order chi connectivity index (χ1) is 5.25. The van der Waals surface area contributed by atoms with Crippen LogP contribution in [0.4, 0.5) is 0 Å². The lowest BCUT2D eigenvalue weighted by Gasteiger charge is -2.12. The van der Waals surface area contributed by atoms with Gasteiger partial charge >= 0.3 is 0 Å². The first-order valence-corrected chi connectivity index (χ1v) is 4.78. The van der Waals surface area contributed by atoms with Gasteiger partial charge in [-0.25, -0.2) is 0 Å². The summed E-state index contributed by atoms with van der Waals surface area (Å²) in [6.45, 7) is 4.40. The minimum absolute atomic E-state index is 0.412. The van der Waals surface area contributed by atoms with Crippen LogP contribution in [0.15, 0.2) is 0 Å². The van der Waals surface area contributed by atoms with Crippen molar-refractivity contribution in [1.82, 2.24) is 0 Å². The highest BCUT2D eigenvalue weighted by atomic mass is 16.1. The first-order valence-electron chi connectivity index (χ1n) is 4.78. The van der Waals surface area contributed by atoms with E-state index >= 15 is 0 Å². The van der Waals surface area contributed by atoms with Gasteiger partial charge in [-0.05, 0) is 18.8 Å². The number of hydrogen-bond donors (Lipinski definition) is 0. The third kappa shape index (κ3) is 2.05. The van der Waals surface area contributed by atoms with E-state index < -0.39 is 0 Å². The SMILES string of the molecule is CCCCC1C(=O)CCC1C. The minimum atomic E-state index is 0.412. The van der Waals surface area contributed by atoms with E-state index in [1.807, 2.05) is 0 Å². The highest BCUT2D eigenvalue weighted by Crippen LogP contribution is 2.31. The molecule has 0 aromatic carbocycles. The Morgan fingerprint density at radius 2 is 2.27 bits per heavy atom. The van der Waals surface area contributed by atoms with Crippen LogP contribution in [0.5, 0.6) is 0 Å². The lowest BCUT2D eigenvalue weighted by molar-refractivity contribution is -0.121. The molecule has 0 N–H and O–H groups in total. The molecule has 0 amide bonds. The Labute approximate surface area is 69.2 Å². The van der Waals surface area contributed by atoms with E-state index in [-0.39, 0.29) is 0 Å². The first kappa shape index (κ1) is 8.76. The van der Waals surface area contributed by atoms with Gasteiger partial charge in [0, 0.05) is 12.3 Å². The molecule has 0 aromatic heterocycles. The second kappa shape index (κ2) is 3.89. The van der Waals surface area contributed by atoms with Gasteiger partial charge in [-0.2, -0.15) is 0 Å². The average molecular weight is 154 g/mol. The van der Waals surface area contributed by atoms with Crippen LogP contribution < -0.4 is 0 Å². The Kier molecular flexibility index (Phi) is 3.10. The highest BCUT2D eigenvalue weighted by Gasteiger charge is 2.30. The van der Waals surface area contributed by atoms with Crippen LogP contribution in [-0.4, -0.2) is 5.78 Å². The van der Waals surface area contributed by atoms with Crippen LogP contribution in [0.3, 0.4) is 0 Å². The van der Waals surface area contributed by atoms with Gasteiger partial charge < -0.3 is 0 Å². The highest BCUT2D eigenvalue weighted by molar-refractivity contribution is 5.83. The molecule has 0 spiro atoms. The van der Waals surface area contributed by atoms with E-state index in [9.17, 15) is 4.79 Å². The lowest BCUT2D eigenvalue weighted by Crippen LogP contribution is -2.11. The van der Waals surface area contributed by atoms with Crippen molar-refractivity contribution in [3.05, 3.63) is 0 Å². The number of carbonyl (C=O) groups excluding carboxylic acids is 1. The minimum Gasteiger partial charge on any atom is -0.299 e. The predicted octanol–water partition coefficient (Wildman–Crippen LogP) is 2.79. The Balaban J connectivity index is 2.35. The summed E-state index contributed by atoms with van der Waals surface area (Å²) in [5.41, 5.74) is 0. The summed E-state index contributed by atoms with van der Waals surface area (Å²) >= 11 is 0. The molecule has 0 heterocycles. The summed E-state index contributed by atoms with van der Waals surface area (Å²) in [4.78, 5) is 11.3. The fraction of sp³-hybridized carbons (Fsp3) is 0.900. The quantitative estimate of drug-likeness (QED) is 0.611. The largest absolute Gasteiger partial charge is 0.299 e. The van der Waals surface area contributed by atoms with E-state index in [0.29, 0.717) is 17.6 Å². The second-order valence-corrected chi connectivity index (χ2v) is 3.73. The van der Waals surface area contributed by atoms with Crippen LogP contribution in [-0.2, 0) is 4.79 Å². The maximum Gasteiger partial charge on any atom is 0.136 e. The molecule has 11 heavy (non-hydrogen) atoms. The third-order valence-electron chi connectivity index (χ3n) is 2.82. The molecule has 0 saturated heterocycles. The van der Waals surface area contributed by atoms with Crippen molar-refractivity contribution < 1.29 is 4.79 Å². The topological polar surface area (TPSA) is 17.1 Å². The summed E-state index contributed by atoms with van der Waals surface area (Å²) in [5.74, 6) is 1.59. The molecular weight excluding hydrogens is 136 g/mol. The van der Waals surface area contributed by atoms with Gasteiger partial charge in [-0.1, -0.05) is 26.7 Å². The number of ketones is 1. The molecule has 2 atom stereocenters. The molecule has 1 rings (SSSR count). The van der Waals surface area contributed by atoms with Crippen molar-refractivity contribution in [2.75, 3.05) is 0 Å². The number of hydrogen-bond acceptors (Lipinski definition) is 1.